The summed E-state index contributed by atoms with van der Waals surface area (Å²) in [5.74, 6) is 0.598. The van der Waals surface area contributed by atoms with Crippen LogP contribution >= 0.6 is 0 Å². The highest BCUT2D eigenvalue weighted by Gasteiger charge is 2.08. The first kappa shape index (κ1) is 12.0. The molecule has 0 spiro atoms. The number of carboxylic acids is 1. The molecular weight excluding hydrogens is 236 g/mol. The number of carbonyl (C=O) groups is 1. The second-order valence-corrected chi connectivity index (χ2v) is 3.52. The van der Waals surface area contributed by atoms with Gasteiger partial charge in [-0.25, -0.2) is 9.78 Å². The van der Waals surface area contributed by atoms with Crippen molar-refractivity contribution in [2.45, 2.75) is 0 Å². The van der Waals surface area contributed by atoms with Gasteiger partial charge in [-0.15, -0.1) is 0 Å². The van der Waals surface area contributed by atoms with Crippen LogP contribution in [-0.2, 0) is 4.79 Å². The van der Waals surface area contributed by atoms with Gasteiger partial charge in [0.05, 0.1) is 25.3 Å². The van der Waals surface area contributed by atoms with Crippen molar-refractivity contribution in [1.29, 1.82) is 0 Å². The van der Waals surface area contributed by atoms with Gasteiger partial charge in [-0.2, -0.15) is 0 Å². The van der Waals surface area contributed by atoms with E-state index in [1.165, 1.54) is 6.08 Å². The first-order chi connectivity index (χ1) is 8.63. The van der Waals surface area contributed by atoms with E-state index in [4.69, 9.17) is 14.6 Å². The number of hydrogen-bond acceptors (Lipinski definition) is 4. The van der Waals surface area contributed by atoms with Gasteiger partial charge in [-0.1, -0.05) is 0 Å². The average Bonchev–Trinajstić information content (AvgIpc) is 2.76. The average molecular weight is 248 g/mol. The Kier molecular flexibility index (Phi) is 3.18. The fourth-order valence-electron chi connectivity index (χ4n) is 1.59. The zero-order valence-corrected chi connectivity index (χ0v) is 9.93. The van der Waals surface area contributed by atoms with E-state index < -0.39 is 5.97 Å². The van der Waals surface area contributed by atoms with Crippen LogP contribution in [0.2, 0.25) is 0 Å². The second-order valence-electron chi connectivity index (χ2n) is 3.52. The minimum absolute atomic E-state index is 0.461. The third-order valence-corrected chi connectivity index (χ3v) is 2.39. The monoisotopic (exact) mass is 248 g/mol. The van der Waals surface area contributed by atoms with Gasteiger partial charge in [0.2, 0.25) is 0 Å². The van der Waals surface area contributed by atoms with Crippen LogP contribution in [-0.4, -0.2) is 35.3 Å². The smallest absolute Gasteiger partial charge is 0.328 e. The molecule has 0 aliphatic rings. The number of rotatable bonds is 4. The number of methoxy groups -OCH3 is 2. The van der Waals surface area contributed by atoms with Gasteiger partial charge < -0.3 is 19.6 Å². The summed E-state index contributed by atoms with van der Waals surface area (Å²) in [5, 5.41) is 8.55. The highest BCUT2D eigenvalue weighted by atomic mass is 16.5. The topological polar surface area (TPSA) is 84.4 Å². The number of aliphatic carboxylic acids is 1. The molecule has 94 valence electrons. The summed E-state index contributed by atoms with van der Waals surface area (Å²) >= 11 is 0. The number of ether oxygens (including phenoxy) is 2. The minimum atomic E-state index is -1.02. The number of fused-ring (bicyclic) bond motifs is 1. The quantitative estimate of drug-likeness (QED) is 0.804. The Morgan fingerprint density at radius 1 is 1.33 bits per heavy atom. The van der Waals surface area contributed by atoms with Gasteiger partial charge in [0.25, 0.3) is 0 Å². The van der Waals surface area contributed by atoms with Crippen LogP contribution in [0.5, 0.6) is 11.5 Å². The Bertz CT molecular complexity index is 575. The Morgan fingerprint density at radius 3 is 2.61 bits per heavy atom. The second kappa shape index (κ2) is 4.79. The van der Waals surface area contributed by atoms with E-state index in [1.807, 2.05) is 0 Å². The lowest BCUT2D eigenvalue weighted by Crippen LogP contribution is -1.89. The molecule has 0 bridgehead atoms. The maximum atomic E-state index is 10.4. The van der Waals surface area contributed by atoms with E-state index in [-0.39, 0.29) is 0 Å². The molecule has 2 aromatic rings. The Balaban J connectivity index is 2.47. The maximum absolute atomic E-state index is 10.4. The fourth-order valence-corrected chi connectivity index (χ4v) is 1.59. The number of H-pyrrole nitrogens is 1. The maximum Gasteiger partial charge on any atom is 0.328 e. The third kappa shape index (κ3) is 2.27. The molecule has 0 amide bonds. The number of aromatic nitrogens is 2. The molecule has 2 N–H and O–H groups in total. The van der Waals surface area contributed by atoms with Gasteiger partial charge in [-0.05, 0) is 6.08 Å². The summed E-state index contributed by atoms with van der Waals surface area (Å²) in [6.07, 6.45) is 2.41. The van der Waals surface area contributed by atoms with Gasteiger partial charge in [0.15, 0.2) is 11.5 Å². The molecule has 6 nitrogen and oxygen atoms in total. The molecule has 0 saturated heterocycles. The largest absolute Gasteiger partial charge is 0.493 e. The van der Waals surface area contributed by atoms with E-state index in [9.17, 15) is 4.79 Å². The van der Waals surface area contributed by atoms with Crippen molar-refractivity contribution in [1.82, 2.24) is 9.97 Å². The van der Waals surface area contributed by atoms with Crippen LogP contribution in [0.1, 0.15) is 5.82 Å². The third-order valence-electron chi connectivity index (χ3n) is 2.39. The summed E-state index contributed by atoms with van der Waals surface area (Å²) in [6, 6.07) is 3.47. The molecule has 1 aromatic carbocycles. The predicted molar refractivity (Wildman–Crippen MR) is 65.9 cm³/mol. The summed E-state index contributed by atoms with van der Waals surface area (Å²) < 4.78 is 10.3. The van der Waals surface area contributed by atoms with Gasteiger partial charge in [0.1, 0.15) is 5.82 Å². The molecule has 0 unspecified atom stereocenters. The number of nitrogens with zero attached hydrogens (tertiary/aromatic N) is 1. The standard InChI is InChI=1S/C12H12N2O4/c1-17-9-5-7-8(6-10(9)18-2)14-11(13-7)3-4-12(15)16/h3-6H,1-2H3,(H,13,14)(H,15,16)/b4-3+. The predicted octanol–water partition coefficient (Wildman–Crippen LogP) is 1.68. The summed E-state index contributed by atoms with van der Waals surface area (Å²) in [5.41, 5.74) is 1.43. The van der Waals surface area contributed by atoms with Crippen molar-refractivity contribution in [3.63, 3.8) is 0 Å². The van der Waals surface area contributed by atoms with Gasteiger partial charge in [0, 0.05) is 18.2 Å². The Hall–Kier alpha value is -2.50. The van der Waals surface area contributed by atoms with Crippen molar-refractivity contribution in [3.8, 4) is 11.5 Å². The van der Waals surface area contributed by atoms with Crippen LogP contribution in [0.4, 0.5) is 0 Å². The minimum Gasteiger partial charge on any atom is -0.493 e. The van der Waals surface area contributed by atoms with E-state index >= 15 is 0 Å². The van der Waals surface area contributed by atoms with Crippen LogP contribution in [0, 0.1) is 0 Å². The molecule has 0 atom stereocenters. The van der Waals surface area contributed by atoms with Crippen LogP contribution in [0.25, 0.3) is 17.1 Å². The number of aromatic amines is 1. The molecule has 0 aliphatic heterocycles. The lowest BCUT2D eigenvalue weighted by Gasteiger charge is -2.06. The first-order valence-corrected chi connectivity index (χ1v) is 5.17. The van der Waals surface area contributed by atoms with E-state index in [0.717, 1.165) is 11.6 Å². The molecule has 0 radical (unpaired) electrons. The number of benzene rings is 1. The van der Waals surface area contributed by atoms with E-state index in [0.29, 0.717) is 22.8 Å². The Morgan fingerprint density at radius 2 is 2.00 bits per heavy atom. The zero-order chi connectivity index (χ0) is 13.1. The van der Waals surface area contributed by atoms with Crippen molar-refractivity contribution >= 4 is 23.1 Å². The SMILES string of the molecule is COc1cc2nc(/C=C/C(=O)O)[nH]c2cc1OC. The number of nitrogens with one attached hydrogen (secondary N) is 1. The van der Waals surface area contributed by atoms with Crippen molar-refractivity contribution < 1.29 is 19.4 Å². The van der Waals surface area contributed by atoms with Gasteiger partial charge >= 0.3 is 5.97 Å². The van der Waals surface area contributed by atoms with Crippen LogP contribution in [0.3, 0.4) is 0 Å². The fraction of sp³-hybridized carbons (Fsp3) is 0.167. The number of hydrogen-bond donors (Lipinski definition) is 2. The summed E-state index contributed by atoms with van der Waals surface area (Å²) in [4.78, 5) is 17.6. The molecule has 6 heteroatoms. The highest BCUT2D eigenvalue weighted by molar-refractivity contribution is 5.86. The van der Waals surface area contributed by atoms with Crippen LogP contribution < -0.4 is 9.47 Å². The molecular formula is C12H12N2O4. The van der Waals surface area contributed by atoms with E-state index in [2.05, 4.69) is 9.97 Å². The lowest BCUT2D eigenvalue weighted by molar-refractivity contribution is -0.131. The van der Waals surface area contributed by atoms with E-state index in [1.54, 1.807) is 26.4 Å². The molecule has 1 aromatic heterocycles. The zero-order valence-electron chi connectivity index (χ0n) is 9.93. The Labute approximate surface area is 103 Å². The molecule has 0 aliphatic carbocycles. The normalized spacial score (nSPS) is 11.0. The van der Waals surface area contributed by atoms with Crippen molar-refractivity contribution in [2.24, 2.45) is 0 Å². The van der Waals surface area contributed by atoms with Crippen molar-refractivity contribution in [2.75, 3.05) is 14.2 Å². The number of imidazole rings is 1. The summed E-state index contributed by atoms with van der Waals surface area (Å²) in [6.45, 7) is 0. The van der Waals surface area contributed by atoms with Crippen molar-refractivity contribution in [3.05, 3.63) is 24.0 Å². The van der Waals surface area contributed by atoms with Gasteiger partial charge in [-0.3, -0.25) is 0 Å². The number of carboxylic acid groups (broad SMARTS) is 1. The molecule has 1 heterocycles. The summed E-state index contributed by atoms with van der Waals surface area (Å²) in [7, 11) is 3.09. The first-order valence-electron chi connectivity index (χ1n) is 5.17. The molecule has 0 fully saturated rings. The lowest BCUT2D eigenvalue weighted by atomic mass is 10.3. The molecule has 0 saturated carbocycles. The highest BCUT2D eigenvalue weighted by Crippen LogP contribution is 2.31. The van der Waals surface area contributed by atoms with Crippen LogP contribution in [0.15, 0.2) is 18.2 Å². The molecule has 2 rings (SSSR count). The molecule has 18 heavy (non-hydrogen) atoms.